The number of ketones is 1. The Morgan fingerprint density at radius 2 is 1.65 bits per heavy atom. The molecule has 0 atom stereocenters. The third kappa shape index (κ3) is 2.98. The number of carbonyl (C=O) groups is 1. The molecule has 0 aromatic heterocycles. The van der Waals surface area contributed by atoms with Gasteiger partial charge in [-0.15, -0.1) is 0 Å². The molecule has 0 saturated carbocycles. The van der Waals surface area contributed by atoms with Gasteiger partial charge in [-0.2, -0.15) is 22.0 Å². The Balaban J connectivity index is 3.19. The lowest BCUT2D eigenvalue weighted by Crippen LogP contribution is -2.24. The van der Waals surface area contributed by atoms with Crippen LogP contribution in [0.1, 0.15) is 22.8 Å². The van der Waals surface area contributed by atoms with Crippen molar-refractivity contribution in [1.82, 2.24) is 0 Å². The maximum atomic E-state index is 13.0. The van der Waals surface area contributed by atoms with Crippen molar-refractivity contribution in [2.45, 2.75) is 19.0 Å². The second-order valence-corrected chi connectivity index (χ2v) is 3.41. The number of rotatable bonds is 2. The van der Waals surface area contributed by atoms with Crippen LogP contribution in [0.5, 0.6) is 0 Å². The van der Waals surface area contributed by atoms with E-state index in [1.807, 2.05) is 0 Å². The van der Waals surface area contributed by atoms with Crippen LogP contribution in [0.15, 0.2) is 18.2 Å². The summed E-state index contributed by atoms with van der Waals surface area (Å²) in [7, 11) is 0. The molecule has 0 unspecified atom stereocenters. The molecule has 0 saturated heterocycles. The molecule has 7 heteroatoms. The van der Waals surface area contributed by atoms with Crippen molar-refractivity contribution < 1.29 is 31.1 Å². The molecule has 0 spiro atoms. The molecule has 94 valence electrons. The Hall–Kier alpha value is -1.53. The van der Waals surface area contributed by atoms with Crippen molar-refractivity contribution in [3.05, 3.63) is 35.1 Å². The van der Waals surface area contributed by atoms with Gasteiger partial charge in [0, 0.05) is 12.5 Å². The molecule has 1 aromatic rings. The molecule has 17 heavy (non-hydrogen) atoms. The van der Waals surface area contributed by atoms with Gasteiger partial charge in [-0.25, -0.2) is 4.39 Å². The van der Waals surface area contributed by atoms with E-state index >= 15 is 0 Å². The minimum Gasteiger partial charge on any atom is -0.287 e. The maximum absolute atomic E-state index is 13.0. The van der Waals surface area contributed by atoms with Gasteiger partial charge in [-0.1, -0.05) is 6.07 Å². The van der Waals surface area contributed by atoms with Crippen LogP contribution >= 0.6 is 0 Å². The topological polar surface area (TPSA) is 17.1 Å². The Morgan fingerprint density at radius 3 is 2.00 bits per heavy atom. The van der Waals surface area contributed by atoms with E-state index in [1.165, 1.54) is 0 Å². The van der Waals surface area contributed by atoms with Crippen molar-refractivity contribution in [1.29, 1.82) is 0 Å². The molecular formula is C10H6F6O. The van der Waals surface area contributed by atoms with Gasteiger partial charge in [0.05, 0.1) is 5.56 Å². The lowest BCUT2D eigenvalue weighted by atomic mass is 10.0. The van der Waals surface area contributed by atoms with E-state index in [2.05, 4.69) is 0 Å². The molecule has 1 aromatic carbocycles. The fourth-order valence-electron chi connectivity index (χ4n) is 1.14. The highest BCUT2D eigenvalue weighted by molar-refractivity contribution is 6.01. The predicted molar refractivity (Wildman–Crippen MR) is 46.4 cm³/mol. The number of halogens is 6. The standard InChI is InChI=1S/C10H6F6O/c1-9(12,13)8(17)5-2-3-6(7(11)4-5)10(14,15)16/h2-4H,1H3. The number of hydrogen-bond donors (Lipinski definition) is 0. The Labute approximate surface area is 92.0 Å². The average Bonchev–Trinajstić information content (AvgIpc) is 2.12. The predicted octanol–water partition coefficient (Wildman–Crippen LogP) is 3.68. The summed E-state index contributed by atoms with van der Waals surface area (Å²) in [6.07, 6.45) is -4.93. The second-order valence-electron chi connectivity index (χ2n) is 3.41. The summed E-state index contributed by atoms with van der Waals surface area (Å²) >= 11 is 0. The van der Waals surface area contributed by atoms with Crippen LogP contribution in [0, 0.1) is 5.82 Å². The summed E-state index contributed by atoms with van der Waals surface area (Å²) in [5.74, 6) is -7.25. The van der Waals surface area contributed by atoms with Crippen LogP contribution in [-0.4, -0.2) is 11.7 Å². The van der Waals surface area contributed by atoms with Gasteiger partial charge in [0.1, 0.15) is 5.82 Å². The molecule has 0 aliphatic heterocycles. The van der Waals surface area contributed by atoms with E-state index in [0.29, 0.717) is 6.07 Å². The number of hydrogen-bond acceptors (Lipinski definition) is 1. The zero-order valence-corrected chi connectivity index (χ0v) is 8.41. The number of alkyl halides is 5. The Bertz CT molecular complexity index is 443. The largest absolute Gasteiger partial charge is 0.419 e. The van der Waals surface area contributed by atoms with Gasteiger partial charge in [0.15, 0.2) is 0 Å². The van der Waals surface area contributed by atoms with E-state index in [-0.39, 0.29) is 19.1 Å². The Kier molecular flexibility index (Phi) is 3.22. The minimum atomic E-state index is -4.93. The molecule has 0 aliphatic carbocycles. The van der Waals surface area contributed by atoms with Gasteiger partial charge < -0.3 is 0 Å². The van der Waals surface area contributed by atoms with E-state index in [9.17, 15) is 31.1 Å². The summed E-state index contributed by atoms with van der Waals surface area (Å²) in [4.78, 5) is 11.0. The normalized spacial score (nSPS) is 12.6. The van der Waals surface area contributed by atoms with E-state index in [0.717, 1.165) is 0 Å². The quantitative estimate of drug-likeness (QED) is 0.582. The summed E-state index contributed by atoms with van der Waals surface area (Å²) in [5, 5.41) is 0. The first kappa shape index (κ1) is 13.5. The molecule has 0 aliphatic rings. The van der Waals surface area contributed by atoms with Crippen LogP contribution in [0.2, 0.25) is 0 Å². The molecule has 1 nitrogen and oxygen atoms in total. The van der Waals surface area contributed by atoms with E-state index < -0.39 is 34.8 Å². The number of benzene rings is 1. The summed E-state index contributed by atoms with van der Waals surface area (Å²) < 4.78 is 74.6. The van der Waals surface area contributed by atoms with Gasteiger partial charge in [0.25, 0.3) is 0 Å². The third-order valence-electron chi connectivity index (χ3n) is 1.94. The molecule has 0 N–H and O–H groups in total. The zero-order valence-electron chi connectivity index (χ0n) is 8.41. The third-order valence-corrected chi connectivity index (χ3v) is 1.94. The van der Waals surface area contributed by atoms with Crippen molar-refractivity contribution in [2.75, 3.05) is 0 Å². The molecule has 0 bridgehead atoms. The lowest BCUT2D eigenvalue weighted by molar-refractivity contribution is -0.140. The number of Topliss-reactive ketones (excluding diaryl/α,β-unsaturated/α-hetero) is 1. The summed E-state index contributed by atoms with van der Waals surface area (Å²) in [6, 6.07) is 0.933. The van der Waals surface area contributed by atoms with Gasteiger partial charge in [-0.3, -0.25) is 4.79 Å². The smallest absolute Gasteiger partial charge is 0.287 e. The highest BCUT2D eigenvalue weighted by Crippen LogP contribution is 2.32. The van der Waals surface area contributed by atoms with Crippen LogP contribution < -0.4 is 0 Å². The molecule has 0 radical (unpaired) electrons. The van der Waals surface area contributed by atoms with Gasteiger partial charge in [0.2, 0.25) is 5.78 Å². The SMILES string of the molecule is CC(F)(F)C(=O)c1ccc(C(F)(F)F)c(F)c1. The highest BCUT2D eigenvalue weighted by atomic mass is 19.4. The van der Waals surface area contributed by atoms with Crippen molar-refractivity contribution in [3.8, 4) is 0 Å². The molecule has 1 rings (SSSR count). The fourth-order valence-corrected chi connectivity index (χ4v) is 1.14. The maximum Gasteiger partial charge on any atom is 0.419 e. The van der Waals surface area contributed by atoms with E-state index in [1.54, 1.807) is 0 Å². The average molecular weight is 256 g/mol. The van der Waals surface area contributed by atoms with Crippen molar-refractivity contribution >= 4 is 5.78 Å². The van der Waals surface area contributed by atoms with Gasteiger partial charge in [-0.05, 0) is 12.1 Å². The van der Waals surface area contributed by atoms with Crippen LogP contribution in [0.25, 0.3) is 0 Å². The lowest BCUT2D eigenvalue weighted by Gasteiger charge is -2.11. The van der Waals surface area contributed by atoms with Crippen LogP contribution in [0.4, 0.5) is 26.3 Å². The highest BCUT2D eigenvalue weighted by Gasteiger charge is 2.37. The van der Waals surface area contributed by atoms with Gasteiger partial charge >= 0.3 is 12.1 Å². The first-order valence-corrected chi connectivity index (χ1v) is 4.33. The molecule has 0 fully saturated rings. The monoisotopic (exact) mass is 256 g/mol. The second kappa shape index (κ2) is 4.05. The molecular weight excluding hydrogens is 250 g/mol. The first-order chi connectivity index (χ1) is 7.53. The fraction of sp³-hybridized carbons (Fsp3) is 0.300. The minimum absolute atomic E-state index is 0.155. The van der Waals surface area contributed by atoms with E-state index in [4.69, 9.17) is 0 Å². The van der Waals surface area contributed by atoms with Crippen molar-refractivity contribution in [2.24, 2.45) is 0 Å². The molecule has 0 amide bonds. The number of carbonyl (C=O) groups excluding carboxylic acids is 1. The van der Waals surface area contributed by atoms with Crippen LogP contribution in [-0.2, 0) is 6.18 Å². The first-order valence-electron chi connectivity index (χ1n) is 4.33. The summed E-state index contributed by atoms with van der Waals surface area (Å²) in [6.45, 7) is 0.283. The molecule has 0 heterocycles. The summed E-state index contributed by atoms with van der Waals surface area (Å²) in [5.41, 5.74) is -2.41. The Morgan fingerprint density at radius 1 is 1.12 bits per heavy atom. The van der Waals surface area contributed by atoms with Crippen LogP contribution in [0.3, 0.4) is 0 Å². The zero-order chi connectivity index (χ0) is 13.4. The van der Waals surface area contributed by atoms with Crippen molar-refractivity contribution in [3.63, 3.8) is 0 Å².